The maximum Gasteiger partial charge on any atom is 0.308 e. The second-order valence-electron chi connectivity index (χ2n) is 11.2. The van der Waals surface area contributed by atoms with Crippen LogP contribution in [0.4, 0.5) is 20.2 Å². The number of aliphatic hydroxyl groups excluding tert-OH is 2. The molecule has 4 rings (SSSR count). The highest BCUT2D eigenvalue weighted by atomic mass is 19.2. The van der Waals surface area contributed by atoms with Gasteiger partial charge in [0.15, 0.2) is 11.6 Å². The number of pyridine rings is 1. The molecule has 1 aliphatic rings. The van der Waals surface area contributed by atoms with Crippen LogP contribution in [0.2, 0.25) is 0 Å². The molecule has 7 nitrogen and oxygen atoms in total. The number of aromatic nitrogens is 1. The lowest BCUT2D eigenvalue weighted by Gasteiger charge is -2.26. The highest BCUT2D eigenvalue weighted by molar-refractivity contribution is 5.99. The second kappa shape index (κ2) is 11.9. The quantitative estimate of drug-likeness (QED) is 0.296. The van der Waals surface area contributed by atoms with E-state index in [0.717, 1.165) is 36.4 Å². The summed E-state index contributed by atoms with van der Waals surface area (Å²) in [5, 5.41) is 21.5. The predicted molar refractivity (Wildman–Crippen MR) is 151 cm³/mol. The van der Waals surface area contributed by atoms with Crippen LogP contribution >= 0.6 is 0 Å². The van der Waals surface area contributed by atoms with Crippen molar-refractivity contribution in [1.82, 2.24) is 4.98 Å². The fourth-order valence-corrected chi connectivity index (χ4v) is 4.63. The number of carbonyl (C=O) groups is 1. The molecular formula is C31H36F2N2O5. The van der Waals surface area contributed by atoms with Gasteiger partial charge in [-0.3, -0.25) is 9.78 Å². The molecule has 0 radical (unpaired) electrons. The van der Waals surface area contributed by atoms with Gasteiger partial charge in [0.05, 0.1) is 42.6 Å². The molecule has 1 heterocycles. The van der Waals surface area contributed by atoms with Crippen LogP contribution in [0.5, 0.6) is 5.75 Å². The number of methoxy groups -OCH3 is 1. The lowest BCUT2D eigenvalue weighted by atomic mass is 9.99. The number of carbonyl (C=O) groups excluding carboxylic acids is 1. The molecule has 1 aromatic heterocycles. The van der Waals surface area contributed by atoms with E-state index in [1.54, 1.807) is 34.0 Å². The van der Waals surface area contributed by atoms with Gasteiger partial charge in [0, 0.05) is 42.1 Å². The molecule has 40 heavy (non-hydrogen) atoms. The van der Waals surface area contributed by atoms with Crippen molar-refractivity contribution in [2.75, 3.05) is 19.1 Å². The maximum absolute atomic E-state index is 14.5. The van der Waals surface area contributed by atoms with Gasteiger partial charge in [0.25, 0.3) is 0 Å². The Morgan fingerprint density at radius 3 is 2.40 bits per heavy atom. The third-order valence-electron chi connectivity index (χ3n) is 6.65. The molecule has 0 spiro atoms. The van der Waals surface area contributed by atoms with Gasteiger partial charge in [-0.05, 0) is 63.9 Å². The number of ether oxygens (including phenoxy) is 2. The number of nitrogens with zero attached hydrogens (tertiary/aromatic N) is 2. The number of hydrogen-bond acceptors (Lipinski definition) is 7. The average molecular weight is 555 g/mol. The Labute approximate surface area is 233 Å². The van der Waals surface area contributed by atoms with E-state index < -0.39 is 35.4 Å². The van der Waals surface area contributed by atoms with Crippen molar-refractivity contribution >= 4 is 34.3 Å². The Balaban J connectivity index is 1.72. The van der Waals surface area contributed by atoms with Gasteiger partial charge in [0.1, 0.15) is 11.4 Å². The standard InChI is InChI=1S/C31H36F2N2O5/c1-31(2,3)40-28(38)15-21(37)14-20(36)10-13-23-29(18-6-7-18)34-27-17-26(33)25(32)16-24(27)30(23)35(4)19-8-11-22(39-5)12-9-19/h8-13,16-18,20-21,36-37H,6-7,14-15H2,1-5H3/b13-10+/t20-,21-/m1/s1. The summed E-state index contributed by atoms with van der Waals surface area (Å²) >= 11 is 0. The van der Waals surface area contributed by atoms with Crippen LogP contribution in [-0.4, -0.2) is 53.1 Å². The minimum absolute atomic E-state index is 0.0843. The first-order valence-corrected chi connectivity index (χ1v) is 13.3. The van der Waals surface area contributed by atoms with Crippen molar-refractivity contribution in [3.05, 3.63) is 65.4 Å². The summed E-state index contributed by atoms with van der Waals surface area (Å²) in [7, 11) is 3.40. The van der Waals surface area contributed by atoms with Gasteiger partial charge in [-0.2, -0.15) is 0 Å². The Morgan fingerprint density at radius 2 is 1.80 bits per heavy atom. The summed E-state index contributed by atoms with van der Waals surface area (Å²) in [5.41, 5.74) is 2.44. The number of benzene rings is 2. The molecule has 2 aromatic carbocycles. The molecule has 0 saturated heterocycles. The normalized spacial score (nSPS) is 15.3. The van der Waals surface area contributed by atoms with Gasteiger partial charge < -0.3 is 24.6 Å². The van der Waals surface area contributed by atoms with Crippen molar-refractivity contribution in [3.8, 4) is 5.75 Å². The molecule has 0 bridgehead atoms. The van der Waals surface area contributed by atoms with E-state index in [1.807, 2.05) is 36.2 Å². The van der Waals surface area contributed by atoms with Crippen LogP contribution < -0.4 is 9.64 Å². The van der Waals surface area contributed by atoms with Crippen LogP contribution in [0.15, 0.2) is 42.5 Å². The molecule has 1 aliphatic carbocycles. The summed E-state index contributed by atoms with van der Waals surface area (Å²) in [6.07, 6.45) is 2.54. The van der Waals surface area contributed by atoms with E-state index in [1.165, 1.54) is 6.08 Å². The number of rotatable bonds is 10. The summed E-state index contributed by atoms with van der Waals surface area (Å²) < 4.78 is 39.3. The molecule has 2 atom stereocenters. The third kappa shape index (κ3) is 7.14. The van der Waals surface area contributed by atoms with Crippen molar-refractivity contribution in [1.29, 1.82) is 0 Å². The number of fused-ring (bicyclic) bond motifs is 1. The Kier molecular flexibility index (Phi) is 8.75. The Bertz CT molecular complexity index is 1400. The third-order valence-corrected chi connectivity index (χ3v) is 6.65. The highest BCUT2D eigenvalue weighted by Crippen LogP contribution is 2.46. The molecule has 9 heteroatoms. The molecule has 2 N–H and O–H groups in total. The maximum atomic E-state index is 14.5. The van der Waals surface area contributed by atoms with Crippen molar-refractivity contribution in [2.24, 2.45) is 0 Å². The van der Waals surface area contributed by atoms with Crippen molar-refractivity contribution in [3.63, 3.8) is 0 Å². The molecule has 0 unspecified atom stereocenters. The van der Waals surface area contributed by atoms with Crippen LogP contribution in [0.25, 0.3) is 17.0 Å². The predicted octanol–water partition coefficient (Wildman–Crippen LogP) is 6.02. The monoisotopic (exact) mass is 554 g/mol. The van der Waals surface area contributed by atoms with Gasteiger partial charge in [-0.15, -0.1) is 0 Å². The first-order chi connectivity index (χ1) is 18.9. The van der Waals surface area contributed by atoms with E-state index in [9.17, 15) is 23.8 Å². The van der Waals surface area contributed by atoms with Gasteiger partial charge >= 0.3 is 5.97 Å². The minimum atomic E-state index is -1.11. The molecule has 1 saturated carbocycles. The lowest BCUT2D eigenvalue weighted by Crippen LogP contribution is -2.27. The second-order valence-corrected chi connectivity index (χ2v) is 11.2. The summed E-state index contributed by atoms with van der Waals surface area (Å²) in [6, 6.07) is 9.58. The zero-order chi connectivity index (χ0) is 29.2. The van der Waals surface area contributed by atoms with Gasteiger partial charge in [0.2, 0.25) is 0 Å². The summed E-state index contributed by atoms with van der Waals surface area (Å²) in [4.78, 5) is 18.7. The van der Waals surface area contributed by atoms with E-state index in [-0.39, 0.29) is 18.8 Å². The number of esters is 1. The Morgan fingerprint density at radius 1 is 1.15 bits per heavy atom. The first-order valence-electron chi connectivity index (χ1n) is 13.3. The molecule has 1 fully saturated rings. The lowest BCUT2D eigenvalue weighted by molar-refractivity contribution is -0.157. The molecule has 0 amide bonds. The first kappa shape index (κ1) is 29.4. The topological polar surface area (TPSA) is 92.1 Å². The SMILES string of the molecule is COc1ccc(N(C)c2c(/C=C/[C@@H](O)C[C@@H](O)CC(=O)OC(C)(C)C)c(C3CC3)nc3cc(F)c(F)cc23)cc1. The molecule has 3 aromatic rings. The van der Waals surface area contributed by atoms with Crippen LogP contribution in [0, 0.1) is 11.6 Å². The summed E-state index contributed by atoms with van der Waals surface area (Å²) in [5.74, 6) is -1.69. The van der Waals surface area contributed by atoms with E-state index in [0.29, 0.717) is 27.9 Å². The molecule has 0 aliphatic heterocycles. The highest BCUT2D eigenvalue weighted by Gasteiger charge is 2.31. The van der Waals surface area contributed by atoms with Crippen LogP contribution in [0.3, 0.4) is 0 Å². The Hall–Kier alpha value is -3.56. The number of halogens is 2. The zero-order valence-electron chi connectivity index (χ0n) is 23.4. The van der Waals surface area contributed by atoms with Crippen LogP contribution in [0.1, 0.15) is 63.6 Å². The minimum Gasteiger partial charge on any atom is -0.497 e. The number of anilines is 2. The summed E-state index contributed by atoms with van der Waals surface area (Å²) in [6.45, 7) is 5.22. The van der Waals surface area contributed by atoms with Crippen LogP contribution in [-0.2, 0) is 9.53 Å². The van der Waals surface area contributed by atoms with Gasteiger partial charge in [-0.1, -0.05) is 12.2 Å². The fraction of sp³-hybridized carbons (Fsp3) is 0.419. The fourth-order valence-electron chi connectivity index (χ4n) is 4.63. The van der Waals surface area contributed by atoms with E-state index in [2.05, 4.69) is 0 Å². The number of hydrogen-bond donors (Lipinski definition) is 2. The smallest absolute Gasteiger partial charge is 0.308 e. The van der Waals surface area contributed by atoms with Gasteiger partial charge in [-0.25, -0.2) is 8.78 Å². The zero-order valence-corrected chi connectivity index (χ0v) is 23.4. The van der Waals surface area contributed by atoms with E-state index >= 15 is 0 Å². The molecular weight excluding hydrogens is 518 g/mol. The largest absolute Gasteiger partial charge is 0.497 e. The molecule has 214 valence electrons. The number of aliphatic hydroxyl groups is 2. The average Bonchev–Trinajstić information content (AvgIpc) is 3.71. The van der Waals surface area contributed by atoms with E-state index in [4.69, 9.17) is 14.5 Å². The van der Waals surface area contributed by atoms with Crippen molar-refractivity contribution in [2.45, 2.75) is 70.2 Å². The van der Waals surface area contributed by atoms with Crippen molar-refractivity contribution < 1.29 is 33.3 Å².